The summed E-state index contributed by atoms with van der Waals surface area (Å²) in [6.07, 6.45) is -4.80. The molecular weight excluding hydrogens is 693 g/mol. The molecule has 0 aliphatic heterocycles. The van der Waals surface area contributed by atoms with E-state index in [4.69, 9.17) is 0 Å². The van der Waals surface area contributed by atoms with Crippen LogP contribution in [0.2, 0.25) is 0 Å². The number of nitrogens with zero attached hydrogens (tertiary/aromatic N) is 2. The highest BCUT2D eigenvalue weighted by atomic mass is 19.4. The number of aromatic nitrogens is 2. The lowest BCUT2D eigenvalue weighted by molar-refractivity contribution is -0.137. The van der Waals surface area contributed by atoms with Gasteiger partial charge in [-0.1, -0.05) is 121 Å². The summed E-state index contributed by atoms with van der Waals surface area (Å²) in [7, 11) is 0. The number of fused-ring (bicyclic) bond motifs is 6. The second-order valence-corrected chi connectivity index (χ2v) is 13.8. The van der Waals surface area contributed by atoms with Crippen LogP contribution in [0.5, 0.6) is 0 Å². The van der Waals surface area contributed by atoms with Gasteiger partial charge in [-0.25, -0.2) is 4.39 Å². The van der Waals surface area contributed by atoms with Crippen molar-refractivity contribution in [2.75, 3.05) is 0 Å². The fraction of sp³-hybridized carbons (Fsp3) is 0.0204. The lowest BCUT2D eigenvalue weighted by Gasteiger charge is -2.23. The summed E-state index contributed by atoms with van der Waals surface area (Å²) in [5, 5.41) is 3.30. The minimum atomic E-state index is -4.80. The molecule has 10 rings (SSSR count). The Morgan fingerprint density at radius 2 is 0.745 bits per heavy atom. The van der Waals surface area contributed by atoms with Crippen molar-refractivity contribution in [2.24, 2.45) is 0 Å². The largest absolute Gasteiger partial charge is 0.420 e. The molecule has 55 heavy (non-hydrogen) atoms. The number of halogens is 4. The molecule has 0 radical (unpaired) electrons. The van der Waals surface area contributed by atoms with Crippen molar-refractivity contribution in [3.8, 4) is 44.8 Å². The molecule has 0 saturated heterocycles. The van der Waals surface area contributed by atoms with Gasteiger partial charge in [-0.3, -0.25) is 0 Å². The van der Waals surface area contributed by atoms with E-state index in [0.717, 1.165) is 43.8 Å². The maximum atomic E-state index is 16.2. The fourth-order valence-corrected chi connectivity index (χ4v) is 8.17. The summed E-state index contributed by atoms with van der Waals surface area (Å²) in [4.78, 5) is 0. The quantitative estimate of drug-likeness (QED) is 0.157. The number of para-hydroxylation sites is 2. The molecule has 0 atom stereocenters. The zero-order chi connectivity index (χ0) is 37.3. The second kappa shape index (κ2) is 12.6. The number of hydrogen-bond acceptors (Lipinski definition) is 0. The third kappa shape index (κ3) is 5.40. The predicted octanol–water partition coefficient (Wildman–Crippen LogP) is 14.0. The summed E-state index contributed by atoms with van der Waals surface area (Å²) >= 11 is 0. The van der Waals surface area contributed by atoms with Crippen molar-refractivity contribution in [3.05, 3.63) is 193 Å². The van der Waals surface area contributed by atoms with Gasteiger partial charge in [-0.05, 0) is 94.0 Å². The van der Waals surface area contributed by atoms with Gasteiger partial charge in [-0.15, -0.1) is 0 Å². The van der Waals surface area contributed by atoms with E-state index in [1.54, 1.807) is 33.4 Å². The Bertz CT molecular complexity index is 2900. The van der Waals surface area contributed by atoms with Crippen molar-refractivity contribution in [1.29, 1.82) is 0 Å². The van der Waals surface area contributed by atoms with Crippen molar-refractivity contribution in [3.63, 3.8) is 0 Å². The van der Waals surface area contributed by atoms with Gasteiger partial charge >= 0.3 is 6.18 Å². The summed E-state index contributed by atoms with van der Waals surface area (Å²) in [6, 6.07) is 55.9. The number of alkyl halides is 3. The van der Waals surface area contributed by atoms with Gasteiger partial charge in [0.1, 0.15) is 11.4 Å². The average Bonchev–Trinajstić information content (AvgIpc) is 3.73. The molecule has 0 spiro atoms. The van der Waals surface area contributed by atoms with Crippen molar-refractivity contribution in [1.82, 2.24) is 9.13 Å². The normalized spacial score (nSPS) is 12.0. The van der Waals surface area contributed by atoms with Crippen LogP contribution in [0.25, 0.3) is 88.4 Å². The predicted molar refractivity (Wildman–Crippen MR) is 216 cm³/mol. The van der Waals surface area contributed by atoms with E-state index in [1.165, 1.54) is 12.1 Å². The lowest BCUT2D eigenvalue weighted by Crippen LogP contribution is -2.16. The molecule has 2 aromatic heterocycles. The maximum absolute atomic E-state index is 16.2. The molecule has 2 nitrogen and oxygen atoms in total. The molecule has 0 saturated carbocycles. The van der Waals surface area contributed by atoms with E-state index in [2.05, 4.69) is 0 Å². The van der Waals surface area contributed by atoms with Gasteiger partial charge in [0.25, 0.3) is 0 Å². The van der Waals surface area contributed by atoms with Crippen LogP contribution in [0, 0.1) is 5.82 Å². The molecule has 2 heterocycles. The average molecular weight is 723 g/mol. The summed E-state index contributed by atoms with van der Waals surface area (Å²) in [5.74, 6) is -0.476. The van der Waals surface area contributed by atoms with E-state index in [0.29, 0.717) is 33.2 Å². The molecule has 0 bridgehead atoms. The van der Waals surface area contributed by atoms with Crippen LogP contribution >= 0.6 is 0 Å². The molecule has 0 aliphatic carbocycles. The Morgan fingerprint density at radius 1 is 0.327 bits per heavy atom. The van der Waals surface area contributed by atoms with Gasteiger partial charge in [0.15, 0.2) is 0 Å². The summed E-state index contributed by atoms with van der Waals surface area (Å²) in [5.41, 5.74) is 6.49. The topological polar surface area (TPSA) is 9.86 Å². The van der Waals surface area contributed by atoms with Crippen LogP contribution in [-0.2, 0) is 6.18 Å². The zero-order valence-corrected chi connectivity index (χ0v) is 29.2. The third-order valence-corrected chi connectivity index (χ3v) is 10.6. The standard InChI is InChI=1S/C49H30F4N2/c50-37-17-11-16-33(26-37)36-29-46(54-42-20-9-7-18-38(42)40-27-34(22-24-44(40)54)31-12-3-1-4-13-31)48(49(51,52)53)47(30-36)55-43-21-10-8-19-39(43)41-28-35(23-25-45(41)55)32-14-5-2-6-15-32/h1-30H. The second-order valence-electron chi connectivity index (χ2n) is 13.8. The van der Waals surface area contributed by atoms with Crippen LogP contribution in [0.4, 0.5) is 17.6 Å². The van der Waals surface area contributed by atoms with Crippen LogP contribution in [-0.4, -0.2) is 9.13 Å². The molecule has 10 aromatic rings. The van der Waals surface area contributed by atoms with Crippen LogP contribution in [0.1, 0.15) is 5.56 Å². The first-order chi connectivity index (χ1) is 26.8. The Morgan fingerprint density at radius 3 is 1.22 bits per heavy atom. The van der Waals surface area contributed by atoms with Crippen molar-refractivity contribution >= 4 is 43.6 Å². The zero-order valence-electron chi connectivity index (χ0n) is 29.2. The van der Waals surface area contributed by atoms with E-state index >= 15 is 13.2 Å². The fourth-order valence-electron chi connectivity index (χ4n) is 8.17. The number of rotatable bonds is 5. The molecular formula is C49H30F4N2. The molecule has 0 fully saturated rings. The Kier molecular flexibility index (Phi) is 7.49. The van der Waals surface area contributed by atoms with Gasteiger partial charge in [0, 0.05) is 21.5 Å². The first-order valence-corrected chi connectivity index (χ1v) is 18.0. The smallest absolute Gasteiger partial charge is 0.309 e. The molecule has 264 valence electrons. The molecule has 0 amide bonds. The van der Waals surface area contributed by atoms with Crippen LogP contribution in [0.15, 0.2) is 182 Å². The molecule has 0 N–H and O–H groups in total. The van der Waals surface area contributed by atoms with E-state index in [1.807, 2.05) is 146 Å². The van der Waals surface area contributed by atoms with Gasteiger partial charge in [0.05, 0.1) is 33.4 Å². The van der Waals surface area contributed by atoms with Crippen molar-refractivity contribution in [2.45, 2.75) is 6.18 Å². The van der Waals surface area contributed by atoms with E-state index in [9.17, 15) is 4.39 Å². The highest BCUT2D eigenvalue weighted by Crippen LogP contribution is 2.46. The highest BCUT2D eigenvalue weighted by molar-refractivity contribution is 6.12. The van der Waals surface area contributed by atoms with Gasteiger partial charge in [0.2, 0.25) is 0 Å². The van der Waals surface area contributed by atoms with Gasteiger partial charge < -0.3 is 9.13 Å². The summed E-state index contributed by atoms with van der Waals surface area (Å²) in [6.45, 7) is 0. The Labute approximate surface area is 313 Å². The Hall–Kier alpha value is -6.92. The minimum absolute atomic E-state index is 0.0465. The maximum Gasteiger partial charge on any atom is 0.420 e. The minimum Gasteiger partial charge on any atom is -0.309 e. The first-order valence-electron chi connectivity index (χ1n) is 18.0. The monoisotopic (exact) mass is 722 g/mol. The van der Waals surface area contributed by atoms with Crippen LogP contribution in [0.3, 0.4) is 0 Å². The molecule has 6 heteroatoms. The van der Waals surface area contributed by atoms with Crippen molar-refractivity contribution < 1.29 is 17.6 Å². The van der Waals surface area contributed by atoms with Gasteiger partial charge in [-0.2, -0.15) is 13.2 Å². The lowest BCUT2D eigenvalue weighted by atomic mass is 9.98. The molecule has 0 unspecified atom stereocenters. The molecule has 0 aliphatic rings. The third-order valence-electron chi connectivity index (χ3n) is 10.6. The number of benzene rings is 8. The van der Waals surface area contributed by atoms with E-state index in [-0.39, 0.29) is 11.4 Å². The number of hydrogen-bond donors (Lipinski definition) is 0. The van der Waals surface area contributed by atoms with E-state index < -0.39 is 17.6 Å². The highest BCUT2D eigenvalue weighted by Gasteiger charge is 2.39. The first kappa shape index (κ1) is 32.7. The molecule has 8 aromatic carbocycles. The summed E-state index contributed by atoms with van der Waals surface area (Å²) < 4.78 is 66.8. The Balaban J connectivity index is 1.34. The van der Waals surface area contributed by atoms with Crippen LogP contribution < -0.4 is 0 Å². The SMILES string of the molecule is Fc1cccc(-c2cc(-n3c4ccccc4c4cc(-c5ccccc5)ccc43)c(C(F)(F)F)c(-n3c4ccccc4c4cc(-c5ccccc5)ccc43)c2)c1.